The van der Waals surface area contributed by atoms with Crippen molar-refractivity contribution in [1.82, 2.24) is 10.2 Å². The van der Waals surface area contributed by atoms with Crippen molar-refractivity contribution in [3.8, 4) is 0 Å². The van der Waals surface area contributed by atoms with E-state index in [-0.39, 0.29) is 18.6 Å². The molecule has 3 rings (SSSR count). The van der Waals surface area contributed by atoms with Crippen LogP contribution in [0.15, 0.2) is 18.2 Å². The van der Waals surface area contributed by atoms with Crippen molar-refractivity contribution < 1.29 is 13.6 Å². The summed E-state index contributed by atoms with van der Waals surface area (Å²) in [5.74, 6) is -0.567. The maximum absolute atomic E-state index is 13.4. The highest BCUT2D eigenvalue weighted by molar-refractivity contribution is 5.81. The molecule has 2 unspecified atom stereocenters. The summed E-state index contributed by atoms with van der Waals surface area (Å²) in [5, 5.41) is 3.07. The SMILES string of the molecule is CC(CN1C(=O)CNC1c1ccc(F)c(F)c1)C1CC1. The smallest absolute Gasteiger partial charge is 0.238 e. The van der Waals surface area contributed by atoms with Gasteiger partial charge in [-0.15, -0.1) is 0 Å². The fourth-order valence-electron chi connectivity index (χ4n) is 2.85. The summed E-state index contributed by atoms with van der Waals surface area (Å²) in [6.45, 7) is 3.06. The molecule has 1 aliphatic carbocycles. The summed E-state index contributed by atoms with van der Waals surface area (Å²) in [5.41, 5.74) is 0.595. The molecule has 1 heterocycles. The zero-order valence-corrected chi connectivity index (χ0v) is 11.4. The van der Waals surface area contributed by atoms with Gasteiger partial charge in [-0.25, -0.2) is 8.78 Å². The van der Waals surface area contributed by atoms with Crippen LogP contribution in [-0.4, -0.2) is 23.9 Å². The molecule has 0 aromatic heterocycles. The summed E-state index contributed by atoms with van der Waals surface area (Å²) in [6, 6.07) is 3.81. The minimum absolute atomic E-state index is 0.0206. The van der Waals surface area contributed by atoms with Crippen LogP contribution in [0.1, 0.15) is 31.5 Å². The third kappa shape index (κ3) is 2.54. The molecule has 1 N–H and O–H groups in total. The summed E-state index contributed by atoms with van der Waals surface area (Å²) >= 11 is 0. The highest BCUT2D eigenvalue weighted by Crippen LogP contribution is 2.38. The Bertz CT molecular complexity index is 531. The highest BCUT2D eigenvalue weighted by Gasteiger charge is 2.36. The minimum atomic E-state index is -0.876. The molecule has 2 aliphatic rings. The first-order valence-corrected chi connectivity index (χ1v) is 7.04. The van der Waals surface area contributed by atoms with Gasteiger partial charge in [0.1, 0.15) is 6.17 Å². The van der Waals surface area contributed by atoms with Crippen LogP contribution in [0.2, 0.25) is 0 Å². The van der Waals surface area contributed by atoms with Crippen molar-refractivity contribution in [2.75, 3.05) is 13.1 Å². The quantitative estimate of drug-likeness (QED) is 0.918. The van der Waals surface area contributed by atoms with Gasteiger partial charge in [0.05, 0.1) is 6.54 Å². The van der Waals surface area contributed by atoms with E-state index in [1.54, 1.807) is 4.90 Å². The average Bonchev–Trinajstić information content (AvgIpc) is 3.20. The Labute approximate surface area is 117 Å². The molecule has 1 amide bonds. The summed E-state index contributed by atoms with van der Waals surface area (Å²) in [4.78, 5) is 13.7. The van der Waals surface area contributed by atoms with Gasteiger partial charge in [0.25, 0.3) is 0 Å². The second-order valence-corrected chi connectivity index (χ2v) is 5.82. The van der Waals surface area contributed by atoms with E-state index in [1.807, 2.05) is 0 Å². The number of benzene rings is 1. The van der Waals surface area contributed by atoms with Gasteiger partial charge in [-0.05, 0) is 42.4 Å². The molecule has 1 saturated heterocycles. The zero-order valence-electron chi connectivity index (χ0n) is 11.4. The molecule has 0 spiro atoms. The molecule has 2 fully saturated rings. The third-order valence-corrected chi connectivity index (χ3v) is 4.25. The monoisotopic (exact) mass is 280 g/mol. The number of nitrogens with zero attached hydrogens (tertiary/aromatic N) is 1. The predicted molar refractivity (Wildman–Crippen MR) is 70.7 cm³/mol. The van der Waals surface area contributed by atoms with Crippen molar-refractivity contribution in [1.29, 1.82) is 0 Å². The van der Waals surface area contributed by atoms with Gasteiger partial charge in [-0.3, -0.25) is 10.1 Å². The molecule has 5 heteroatoms. The van der Waals surface area contributed by atoms with E-state index in [2.05, 4.69) is 12.2 Å². The van der Waals surface area contributed by atoms with Crippen LogP contribution in [0.4, 0.5) is 8.78 Å². The Morgan fingerprint density at radius 2 is 2.10 bits per heavy atom. The van der Waals surface area contributed by atoms with Crippen LogP contribution in [0, 0.1) is 23.5 Å². The molecule has 108 valence electrons. The van der Waals surface area contributed by atoms with Crippen molar-refractivity contribution in [3.63, 3.8) is 0 Å². The van der Waals surface area contributed by atoms with E-state index in [9.17, 15) is 13.6 Å². The largest absolute Gasteiger partial charge is 0.322 e. The molecule has 1 saturated carbocycles. The van der Waals surface area contributed by atoms with Crippen LogP contribution in [0.25, 0.3) is 0 Å². The third-order valence-electron chi connectivity index (χ3n) is 4.25. The summed E-state index contributed by atoms with van der Waals surface area (Å²) < 4.78 is 26.4. The summed E-state index contributed by atoms with van der Waals surface area (Å²) in [6.07, 6.45) is 2.11. The molecule has 20 heavy (non-hydrogen) atoms. The van der Waals surface area contributed by atoms with E-state index in [4.69, 9.17) is 0 Å². The highest BCUT2D eigenvalue weighted by atomic mass is 19.2. The van der Waals surface area contributed by atoms with Crippen LogP contribution in [-0.2, 0) is 4.79 Å². The van der Waals surface area contributed by atoms with E-state index < -0.39 is 11.6 Å². The van der Waals surface area contributed by atoms with Crippen LogP contribution < -0.4 is 5.32 Å². The first-order valence-electron chi connectivity index (χ1n) is 7.04. The molecule has 1 aromatic carbocycles. The van der Waals surface area contributed by atoms with Crippen LogP contribution in [0.5, 0.6) is 0 Å². The first-order chi connectivity index (χ1) is 9.56. The van der Waals surface area contributed by atoms with Gasteiger partial charge in [0.15, 0.2) is 11.6 Å². The van der Waals surface area contributed by atoms with E-state index in [1.165, 1.54) is 25.0 Å². The van der Waals surface area contributed by atoms with E-state index >= 15 is 0 Å². The van der Waals surface area contributed by atoms with Gasteiger partial charge in [-0.1, -0.05) is 13.0 Å². The number of carbonyl (C=O) groups excluding carboxylic acids is 1. The Balaban J connectivity index is 1.79. The molecule has 1 aliphatic heterocycles. The van der Waals surface area contributed by atoms with E-state index in [0.717, 1.165) is 6.07 Å². The zero-order chi connectivity index (χ0) is 14.3. The second kappa shape index (κ2) is 5.13. The maximum atomic E-state index is 13.4. The second-order valence-electron chi connectivity index (χ2n) is 5.82. The van der Waals surface area contributed by atoms with Gasteiger partial charge >= 0.3 is 0 Å². The maximum Gasteiger partial charge on any atom is 0.238 e. The molecule has 0 bridgehead atoms. The lowest BCUT2D eigenvalue weighted by Gasteiger charge is -2.27. The molecular weight excluding hydrogens is 262 g/mol. The van der Waals surface area contributed by atoms with Gasteiger partial charge in [-0.2, -0.15) is 0 Å². The number of carbonyl (C=O) groups is 1. The predicted octanol–water partition coefficient (Wildman–Crippen LogP) is 2.44. The average molecular weight is 280 g/mol. The van der Waals surface area contributed by atoms with Crippen molar-refractivity contribution in [2.45, 2.75) is 25.9 Å². The first kappa shape index (κ1) is 13.5. The number of amides is 1. The lowest BCUT2D eigenvalue weighted by atomic mass is 10.0. The number of hydrogen-bond acceptors (Lipinski definition) is 2. The van der Waals surface area contributed by atoms with E-state index in [0.29, 0.717) is 23.9 Å². The van der Waals surface area contributed by atoms with Gasteiger partial charge in [0, 0.05) is 6.54 Å². The Morgan fingerprint density at radius 3 is 2.75 bits per heavy atom. The van der Waals surface area contributed by atoms with Crippen LogP contribution in [0.3, 0.4) is 0 Å². The molecule has 3 nitrogen and oxygen atoms in total. The molecule has 1 aromatic rings. The summed E-state index contributed by atoms with van der Waals surface area (Å²) in [7, 11) is 0. The standard InChI is InChI=1S/C15H18F2N2O/c1-9(10-2-3-10)8-19-14(20)7-18-15(19)11-4-5-12(16)13(17)6-11/h4-6,9-10,15,18H,2-3,7-8H2,1H3. The number of hydrogen-bond donors (Lipinski definition) is 1. The Hall–Kier alpha value is -1.49. The number of halogens is 2. The molecule has 0 radical (unpaired) electrons. The van der Waals surface area contributed by atoms with Crippen LogP contribution >= 0.6 is 0 Å². The molecule has 2 atom stereocenters. The van der Waals surface area contributed by atoms with Gasteiger partial charge < -0.3 is 4.90 Å². The fraction of sp³-hybridized carbons (Fsp3) is 0.533. The normalized spacial score (nSPS) is 24.2. The number of nitrogens with one attached hydrogen (secondary N) is 1. The lowest BCUT2D eigenvalue weighted by molar-refractivity contribution is -0.128. The minimum Gasteiger partial charge on any atom is -0.322 e. The van der Waals surface area contributed by atoms with Crippen molar-refractivity contribution in [3.05, 3.63) is 35.4 Å². The Kier molecular flexibility index (Phi) is 3.46. The van der Waals surface area contributed by atoms with Crippen molar-refractivity contribution >= 4 is 5.91 Å². The van der Waals surface area contributed by atoms with Crippen molar-refractivity contribution in [2.24, 2.45) is 11.8 Å². The lowest BCUT2D eigenvalue weighted by Crippen LogP contribution is -2.34. The topological polar surface area (TPSA) is 32.3 Å². The molecular formula is C15H18F2N2O. The Morgan fingerprint density at radius 1 is 1.35 bits per heavy atom. The van der Waals surface area contributed by atoms with Gasteiger partial charge in [0.2, 0.25) is 5.91 Å². The number of rotatable bonds is 4. The fourth-order valence-corrected chi connectivity index (χ4v) is 2.85.